The number of nitrogens with zero attached hydrogens (tertiary/aromatic N) is 1. The maximum absolute atomic E-state index is 14.1. The number of ether oxygens (including phenoxy) is 2. The van der Waals surface area contributed by atoms with Gasteiger partial charge in [0.25, 0.3) is 0 Å². The van der Waals surface area contributed by atoms with Crippen molar-refractivity contribution < 1.29 is 18.7 Å². The van der Waals surface area contributed by atoms with Gasteiger partial charge >= 0.3 is 5.97 Å². The average Bonchev–Trinajstić information content (AvgIpc) is 2.65. The lowest BCUT2D eigenvalue weighted by Gasteiger charge is -2.27. The highest BCUT2D eigenvalue weighted by atomic mass is 19.1. The summed E-state index contributed by atoms with van der Waals surface area (Å²) in [5.74, 6) is -0.308. The Morgan fingerprint density at radius 1 is 1.40 bits per heavy atom. The molecule has 0 amide bonds. The summed E-state index contributed by atoms with van der Waals surface area (Å²) in [5, 5.41) is 3.27. The van der Waals surface area contributed by atoms with Crippen LogP contribution in [0.1, 0.15) is 40.2 Å². The van der Waals surface area contributed by atoms with Crippen LogP contribution in [-0.4, -0.2) is 31.7 Å². The zero-order chi connectivity index (χ0) is 17.8. The van der Waals surface area contributed by atoms with E-state index in [0.717, 1.165) is 30.4 Å². The number of nitrogens with one attached hydrogen (secondary N) is 1. The van der Waals surface area contributed by atoms with Crippen LogP contribution in [0.4, 0.5) is 10.1 Å². The first-order valence-electron chi connectivity index (χ1n) is 8.26. The van der Waals surface area contributed by atoms with Crippen LogP contribution >= 0.6 is 0 Å². The summed E-state index contributed by atoms with van der Waals surface area (Å²) in [5.41, 5.74) is 3.18. The molecular weight excluding hydrogens is 323 g/mol. The second-order valence-electron chi connectivity index (χ2n) is 6.07. The van der Waals surface area contributed by atoms with Crippen LogP contribution in [0.2, 0.25) is 0 Å². The van der Waals surface area contributed by atoms with E-state index in [-0.39, 0.29) is 17.5 Å². The number of halogens is 1. The molecule has 1 N–H and O–H groups in total. The van der Waals surface area contributed by atoms with Crippen LogP contribution in [0.25, 0.3) is 0 Å². The Hall–Kier alpha value is -2.63. The number of rotatable bonds is 5. The minimum atomic E-state index is -0.412. The predicted molar refractivity (Wildman–Crippen MR) is 92.7 cm³/mol. The van der Waals surface area contributed by atoms with E-state index in [0.29, 0.717) is 17.8 Å². The van der Waals surface area contributed by atoms with Gasteiger partial charge in [-0.3, -0.25) is 4.98 Å². The first-order valence-corrected chi connectivity index (χ1v) is 8.26. The summed E-state index contributed by atoms with van der Waals surface area (Å²) in [6, 6.07) is 4.98. The Morgan fingerprint density at radius 3 is 3.00 bits per heavy atom. The number of anilines is 1. The number of hydrogen-bond donors (Lipinski definition) is 1. The van der Waals surface area contributed by atoms with E-state index in [1.165, 1.54) is 14.2 Å². The molecule has 2 aromatic rings. The fourth-order valence-electron chi connectivity index (χ4n) is 3.33. The topological polar surface area (TPSA) is 60.5 Å². The summed E-state index contributed by atoms with van der Waals surface area (Å²) < 4.78 is 24.0. The minimum absolute atomic E-state index is 0.162. The minimum Gasteiger partial charge on any atom is -0.494 e. The SMILES string of the molecule is COC(=O)c1ccncc1NC[C@H]1CCCc2cc(OC)c(F)cc21. The van der Waals surface area contributed by atoms with Crippen molar-refractivity contribution in [1.82, 2.24) is 4.98 Å². The number of methoxy groups -OCH3 is 2. The summed E-state index contributed by atoms with van der Waals surface area (Å²) in [6.45, 7) is 0.592. The van der Waals surface area contributed by atoms with Gasteiger partial charge in [0, 0.05) is 18.7 Å². The second-order valence-corrected chi connectivity index (χ2v) is 6.07. The van der Waals surface area contributed by atoms with E-state index in [9.17, 15) is 9.18 Å². The van der Waals surface area contributed by atoms with E-state index in [1.807, 2.05) is 0 Å². The van der Waals surface area contributed by atoms with Crippen molar-refractivity contribution in [1.29, 1.82) is 0 Å². The van der Waals surface area contributed by atoms with Crippen molar-refractivity contribution in [3.63, 3.8) is 0 Å². The van der Waals surface area contributed by atoms with Crippen LogP contribution in [0.3, 0.4) is 0 Å². The number of pyridine rings is 1. The van der Waals surface area contributed by atoms with Crippen LogP contribution in [0.5, 0.6) is 5.75 Å². The molecule has 1 aliphatic carbocycles. The number of fused-ring (bicyclic) bond motifs is 1. The average molecular weight is 344 g/mol. The molecule has 1 heterocycles. The molecule has 0 unspecified atom stereocenters. The number of aryl methyl sites for hydroxylation is 1. The van der Waals surface area contributed by atoms with E-state index in [2.05, 4.69) is 10.3 Å². The molecule has 1 aromatic carbocycles. The van der Waals surface area contributed by atoms with Crippen molar-refractivity contribution in [2.45, 2.75) is 25.2 Å². The molecule has 0 fully saturated rings. The van der Waals surface area contributed by atoms with Gasteiger partial charge in [0.05, 0.1) is 31.7 Å². The number of carbonyl (C=O) groups is 1. The summed E-state index contributed by atoms with van der Waals surface area (Å²) in [7, 11) is 2.82. The molecule has 0 bridgehead atoms. The molecule has 0 saturated heterocycles. The van der Waals surface area contributed by atoms with Crippen LogP contribution in [0.15, 0.2) is 30.6 Å². The molecule has 0 radical (unpaired) electrons. The summed E-state index contributed by atoms with van der Waals surface area (Å²) >= 11 is 0. The molecule has 132 valence electrons. The first-order chi connectivity index (χ1) is 12.1. The lowest BCUT2D eigenvalue weighted by atomic mass is 9.82. The molecule has 0 saturated carbocycles. The highest BCUT2D eigenvalue weighted by Crippen LogP contribution is 2.35. The largest absolute Gasteiger partial charge is 0.494 e. The van der Waals surface area contributed by atoms with Crippen molar-refractivity contribution in [3.05, 3.63) is 53.1 Å². The quantitative estimate of drug-likeness (QED) is 0.841. The molecule has 6 heteroatoms. The number of hydrogen-bond acceptors (Lipinski definition) is 5. The maximum Gasteiger partial charge on any atom is 0.340 e. The Morgan fingerprint density at radius 2 is 2.24 bits per heavy atom. The smallest absolute Gasteiger partial charge is 0.340 e. The third-order valence-corrected chi connectivity index (χ3v) is 4.62. The standard InChI is InChI=1S/C19H21FN2O3/c1-24-18-8-12-4-3-5-13(15(12)9-16(18)20)10-22-17-11-21-7-6-14(17)19(23)25-2/h6-9,11,13,22H,3-5,10H2,1-2H3/t13-/m1/s1. The Labute approximate surface area is 146 Å². The molecule has 5 nitrogen and oxygen atoms in total. The van der Waals surface area contributed by atoms with E-state index < -0.39 is 5.97 Å². The molecule has 0 aliphatic heterocycles. The molecule has 1 aliphatic rings. The Bertz CT molecular complexity index is 779. The number of benzene rings is 1. The molecule has 0 spiro atoms. The zero-order valence-corrected chi connectivity index (χ0v) is 14.3. The third kappa shape index (κ3) is 3.57. The van der Waals surface area contributed by atoms with Gasteiger partial charge in [-0.2, -0.15) is 0 Å². The van der Waals surface area contributed by atoms with Crippen molar-refractivity contribution in [3.8, 4) is 5.75 Å². The number of aromatic nitrogens is 1. The first kappa shape index (κ1) is 17.2. The third-order valence-electron chi connectivity index (χ3n) is 4.62. The fraction of sp³-hybridized carbons (Fsp3) is 0.368. The van der Waals surface area contributed by atoms with E-state index >= 15 is 0 Å². The van der Waals surface area contributed by atoms with Gasteiger partial charge in [-0.05, 0) is 48.6 Å². The zero-order valence-electron chi connectivity index (χ0n) is 14.3. The van der Waals surface area contributed by atoms with Crippen LogP contribution in [0, 0.1) is 5.82 Å². The van der Waals surface area contributed by atoms with Gasteiger partial charge in [-0.25, -0.2) is 9.18 Å². The highest BCUT2D eigenvalue weighted by molar-refractivity contribution is 5.95. The summed E-state index contributed by atoms with van der Waals surface area (Å²) in [6.07, 6.45) is 6.06. The van der Waals surface area contributed by atoms with Crippen molar-refractivity contribution >= 4 is 11.7 Å². The predicted octanol–water partition coefficient (Wildman–Crippen LogP) is 3.55. The molecule has 1 atom stereocenters. The molecule has 25 heavy (non-hydrogen) atoms. The Kier molecular flexibility index (Phi) is 5.16. The van der Waals surface area contributed by atoms with Gasteiger partial charge in [0.1, 0.15) is 0 Å². The van der Waals surface area contributed by atoms with Crippen molar-refractivity contribution in [2.75, 3.05) is 26.1 Å². The van der Waals surface area contributed by atoms with Gasteiger partial charge in [0.2, 0.25) is 0 Å². The van der Waals surface area contributed by atoms with Gasteiger partial charge in [-0.15, -0.1) is 0 Å². The maximum atomic E-state index is 14.1. The van der Waals surface area contributed by atoms with Gasteiger partial charge < -0.3 is 14.8 Å². The summed E-state index contributed by atoms with van der Waals surface area (Å²) in [4.78, 5) is 15.9. The fourth-order valence-corrected chi connectivity index (χ4v) is 3.33. The van der Waals surface area contributed by atoms with Crippen molar-refractivity contribution in [2.24, 2.45) is 0 Å². The van der Waals surface area contributed by atoms with Gasteiger partial charge in [0.15, 0.2) is 11.6 Å². The van der Waals surface area contributed by atoms with E-state index in [4.69, 9.17) is 9.47 Å². The Balaban J connectivity index is 1.80. The normalized spacial score (nSPS) is 16.0. The second kappa shape index (κ2) is 7.51. The number of esters is 1. The monoisotopic (exact) mass is 344 g/mol. The number of carbonyl (C=O) groups excluding carboxylic acids is 1. The highest BCUT2D eigenvalue weighted by Gasteiger charge is 2.23. The molecule has 3 rings (SSSR count). The lowest BCUT2D eigenvalue weighted by Crippen LogP contribution is -2.20. The van der Waals surface area contributed by atoms with Crippen LogP contribution < -0.4 is 10.1 Å². The molecule has 1 aromatic heterocycles. The van der Waals surface area contributed by atoms with Crippen LogP contribution in [-0.2, 0) is 11.2 Å². The molecular formula is C19H21FN2O3. The lowest BCUT2D eigenvalue weighted by molar-refractivity contribution is 0.0601. The van der Waals surface area contributed by atoms with Gasteiger partial charge in [-0.1, -0.05) is 0 Å². The van der Waals surface area contributed by atoms with E-state index in [1.54, 1.807) is 30.6 Å².